The van der Waals surface area contributed by atoms with Crippen LogP contribution in [-0.4, -0.2) is 46.5 Å². The minimum Gasteiger partial charge on any atom is -0.494 e. The van der Waals surface area contributed by atoms with Crippen molar-refractivity contribution in [2.75, 3.05) is 12.0 Å². The predicted molar refractivity (Wildman–Crippen MR) is 144 cm³/mol. The van der Waals surface area contributed by atoms with Crippen LogP contribution in [0.2, 0.25) is 0 Å². The van der Waals surface area contributed by atoms with E-state index in [9.17, 15) is 14.3 Å². The first-order valence-electron chi connectivity index (χ1n) is 13.3. The van der Waals surface area contributed by atoms with Crippen molar-refractivity contribution in [3.63, 3.8) is 0 Å². The summed E-state index contributed by atoms with van der Waals surface area (Å²) in [5, 5.41) is 14.7. The third-order valence-electron chi connectivity index (χ3n) is 8.15. The number of thiazole rings is 1. The zero-order chi connectivity index (χ0) is 26.7. The molecule has 2 aromatic heterocycles. The van der Waals surface area contributed by atoms with E-state index < -0.39 is 5.97 Å². The van der Waals surface area contributed by atoms with Crippen molar-refractivity contribution >= 4 is 32.7 Å². The Kier molecular flexibility index (Phi) is 6.04. The number of hydrogen-bond acceptors (Lipinski definition) is 8. The Balaban J connectivity index is 1.10. The van der Waals surface area contributed by atoms with E-state index >= 15 is 0 Å². The van der Waals surface area contributed by atoms with Gasteiger partial charge in [0, 0.05) is 29.1 Å². The number of carbonyl (C=O) groups is 1. The fourth-order valence-electron chi connectivity index (χ4n) is 6.14. The lowest BCUT2D eigenvalue weighted by Gasteiger charge is -2.38. The van der Waals surface area contributed by atoms with Gasteiger partial charge in [0.25, 0.3) is 0 Å². The molecule has 0 unspecified atom stereocenters. The molecule has 0 radical (unpaired) electrons. The van der Waals surface area contributed by atoms with Crippen LogP contribution < -0.4 is 9.64 Å². The summed E-state index contributed by atoms with van der Waals surface area (Å²) >= 11 is 1.52. The molecule has 3 aliphatic rings. The minimum atomic E-state index is -0.985. The second-order valence-electron chi connectivity index (χ2n) is 10.7. The highest BCUT2D eigenvalue weighted by Gasteiger charge is 2.43. The van der Waals surface area contributed by atoms with Gasteiger partial charge in [0.2, 0.25) is 0 Å². The summed E-state index contributed by atoms with van der Waals surface area (Å²) in [7, 11) is 1.54. The van der Waals surface area contributed by atoms with E-state index in [4.69, 9.17) is 19.0 Å². The molecule has 4 heterocycles. The molecule has 1 saturated carbocycles. The number of aromatic carboxylic acids is 1. The lowest BCUT2D eigenvalue weighted by atomic mass is 10.00. The number of nitrogens with zero attached hydrogens (tertiary/aromatic N) is 3. The van der Waals surface area contributed by atoms with Gasteiger partial charge < -0.3 is 24.0 Å². The molecule has 0 spiro atoms. The van der Waals surface area contributed by atoms with Gasteiger partial charge in [0.1, 0.15) is 28.5 Å². The predicted octanol–water partition coefficient (Wildman–Crippen LogP) is 6.39. The Morgan fingerprint density at radius 1 is 1.18 bits per heavy atom. The summed E-state index contributed by atoms with van der Waals surface area (Å²) in [6.45, 7) is 0.390. The van der Waals surface area contributed by atoms with Crippen LogP contribution in [0.15, 0.2) is 40.9 Å². The Bertz CT molecular complexity index is 1550. The zero-order valence-corrected chi connectivity index (χ0v) is 22.2. The van der Waals surface area contributed by atoms with Gasteiger partial charge in [-0.05, 0) is 62.8 Å². The number of piperidine rings is 1. The zero-order valence-electron chi connectivity index (χ0n) is 21.4. The quantitative estimate of drug-likeness (QED) is 0.270. The summed E-state index contributed by atoms with van der Waals surface area (Å²) in [6.07, 6.45) is 6.12. The summed E-state index contributed by atoms with van der Waals surface area (Å²) in [5.41, 5.74) is 3.20. The monoisotopic (exact) mass is 549 g/mol. The maximum Gasteiger partial charge on any atom is 0.335 e. The number of rotatable bonds is 8. The highest BCUT2D eigenvalue weighted by atomic mass is 32.1. The van der Waals surface area contributed by atoms with Crippen molar-refractivity contribution < 1.29 is 28.3 Å². The molecule has 2 aliphatic heterocycles. The molecule has 1 N–H and O–H groups in total. The number of methoxy groups -OCH3 is 1. The Labute approximate surface area is 228 Å². The molecule has 202 valence electrons. The first kappa shape index (κ1) is 24.5. The van der Waals surface area contributed by atoms with Crippen LogP contribution in [0.3, 0.4) is 0 Å². The Morgan fingerprint density at radius 2 is 1.97 bits per heavy atom. The number of aromatic nitrogens is 2. The molecule has 4 aromatic rings. The Hall–Kier alpha value is -3.50. The van der Waals surface area contributed by atoms with Crippen LogP contribution in [0.4, 0.5) is 9.52 Å². The van der Waals surface area contributed by atoms with Gasteiger partial charge in [-0.25, -0.2) is 14.2 Å². The molecule has 3 fully saturated rings. The molecule has 3 atom stereocenters. The van der Waals surface area contributed by atoms with Gasteiger partial charge in [-0.1, -0.05) is 28.6 Å². The molecular formula is C29H28FN3O5S. The summed E-state index contributed by atoms with van der Waals surface area (Å²) in [5.74, 6) is 0.438. The van der Waals surface area contributed by atoms with Crippen LogP contribution in [0.25, 0.3) is 21.5 Å². The standard InChI is InChI=1S/C29H28FN3O5S/c1-36-23-10-17(28(34)35)11-24-26(23)31-29(39-24)33-19-7-8-20(33)13-21(12-19)37-14-22-25(16-3-2-4-18(30)9-16)32-38-27(22)15-5-6-15/h2-4,9-11,15,19-21H,5-8,12-14H2,1H3,(H,34,35)/t19-,20+,21+. The normalized spacial score (nSPS) is 22.5. The SMILES string of the molecule is COc1cc(C(=O)O)cc2sc(N3[C@@H]4CC[C@H]3C[C@@H](OCc3c(-c5cccc(F)c5)noc3C3CC3)C4)nc12. The first-order chi connectivity index (χ1) is 19.0. The largest absolute Gasteiger partial charge is 0.494 e. The van der Waals surface area contributed by atoms with Crippen molar-refractivity contribution in [3.05, 3.63) is 59.1 Å². The van der Waals surface area contributed by atoms with E-state index in [2.05, 4.69) is 10.1 Å². The van der Waals surface area contributed by atoms with Gasteiger partial charge in [-0.15, -0.1) is 0 Å². The number of fused-ring (bicyclic) bond motifs is 3. The second kappa shape index (κ2) is 9.60. The average Bonchev–Trinajstić information content (AvgIpc) is 3.44. The smallest absolute Gasteiger partial charge is 0.335 e. The van der Waals surface area contributed by atoms with Crippen molar-refractivity contribution in [1.82, 2.24) is 10.1 Å². The van der Waals surface area contributed by atoms with E-state index in [1.807, 2.05) is 6.07 Å². The maximum absolute atomic E-state index is 13.9. The maximum atomic E-state index is 13.9. The summed E-state index contributed by atoms with van der Waals surface area (Å²) in [6, 6.07) is 10.3. The van der Waals surface area contributed by atoms with Crippen LogP contribution >= 0.6 is 11.3 Å². The van der Waals surface area contributed by atoms with Gasteiger partial charge in [0.05, 0.1) is 30.1 Å². The molecule has 10 heteroatoms. The van der Waals surface area contributed by atoms with E-state index in [0.717, 1.165) is 59.7 Å². The third-order valence-corrected chi connectivity index (χ3v) is 9.17. The summed E-state index contributed by atoms with van der Waals surface area (Å²) < 4.78 is 32.5. The molecular weight excluding hydrogens is 521 g/mol. The van der Waals surface area contributed by atoms with Gasteiger partial charge in [0.15, 0.2) is 5.13 Å². The number of benzene rings is 2. The van der Waals surface area contributed by atoms with Crippen LogP contribution in [-0.2, 0) is 11.3 Å². The van der Waals surface area contributed by atoms with E-state index in [1.165, 1.54) is 36.6 Å². The molecule has 39 heavy (non-hydrogen) atoms. The number of halogens is 1. The highest BCUT2D eigenvalue weighted by Crippen LogP contribution is 2.46. The number of anilines is 1. The third kappa shape index (κ3) is 4.45. The average molecular weight is 550 g/mol. The molecule has 8 nitrogen and oxygen atoms in total. The van der Waals surface area contributed by atoms with E-state index in [-0.39, 0.29) is 17.5 Å². The van der Waals surface area contributed by atoms with Gasteiger partial charge >= 0.3 is 5.97 Å². The summed E-state index contributed by atoms with van der Waals surface area (Å²) in [4.78, 5) is 18.9. The lowest BCUT2D eigenvalue weighted by Crippen LogP contribution is -2.45. The molecule has 2 bridgehead atoms. The molecule has 7 rings (SSSR count). The van der Waals surface area contributed by atoms with Crippen molar-refractivity contribution in [3.8, 4) is 17.0 Å². The number of ether oxygens (including phenoxy) is 2. The fourth-order valence-corrected chi connectivity index (χ4v) is 7.31. The molecule has 2 aromatic carbocycles. The molecule has 2 saturated heterocycles. The van der Waals surface area contributed by atoms with Gasteiger partial charge in [-0.2, -0.15) is 0 Å². The van der Waals surface area contributed by atoms with Crippen LogP contribution in [0.1, 0.15) is 66.1 Å². The Morgan fingerprint density at radius 3 is 2.67 bits per heavy atom. The number of carboxylic acid groups (broad SMARTS) is 1. The lowest BCUT2D eigenvalue weighted by molar-refractivity contribution is 0.0147. The van der Waals surface area contributed by atoms with Crippen LogP contribution in [0.5, 0.6) is 5.75 Å². The second-order valence-corrected chi connectivity index (χ2v) is 11.7. The van der Waals surface area contributed by atoms with Crippen LogP contribution in [0, 0.1) is 5.82 Å². The van der Waals surface area contributed by atoms with E-state index in [0.29, 0.717) is 47.1 Å². The van der Waals surface area contributed by atoms with Crippen molar-refractivity contribution in [2.45, 2.75) is 69.2 Å². The first-order valence-corrected chi connectivity index (χ1v) is 14.2. The molecule has 0 amide bonds. The highest BCUT2D eigenvalue weighted by molar-refractivity contribution is 7.22. The topological polar surface area (TPSA) is 97.9 Å². The number of hydrogen-bond donors (Lipinski definition) is 1. The van der Waals surface area contributed by atoms with Crippen molar-refractivity contribution in [1.29, 1.82) is 0 Å². The molecule has 1 aliphatic carbocycles. The fraction of sp³-hybridized carbons (Fsp3) is 0.414. The minimum absolute atomic E-state index is 0.0867. The number of carboxylic acids is 1. The van der Waals surface area contributed by atoms with Crippen molar-refractivity contribution in [2.24, 2.45) is 0 Å². The van der Waals surface area contributed by atoms with E-state index in [1.54, 1.807) is 12.1 Å². The van der Waals surface area contributed by atoms with Gasteiger partial charge in [-0.3, -0.25) is 0 Å².